The van der Waals surface area contributed by atoms with E-state index in [9.17, 15) is 13.2 Å². The van der Waals surface area contributed by atoms with Gasteiger partial charge in [-0.2, -0.15) is 13.2 Å². The second-order valence-corrected chi connectivity index (χ2v) is 5.90. The zero-order valence-electron chi connectivity index (χ0n) is 15.5. The Morgan fingerprint density at radius 2 is 1.93 bits per heavy atom. The van der Waals surface area contributed by atoms with Crippen molar-refractivity contribution in [1.29, 1.82) is 0 Å². The molecule has 3 heterocycles. The molecule has 0 aliphatic heterocycles. The zero-order valence-corrected chi connectivity index (χ0v) is 15.5. The molecule has 0 atom stereocenters. The lowest BCUT2D eigenvalue weighted by Crippen LogP contribution is -2.12. The lowest BCUT2D eigenvalue weighted by Gasteiger charge is -2.12. The number of methoxy groups -OCH3 is 1. The molecular formula is C19H18F3N5O2. The molecule has 0 saturated heterocycles. The summed E-state index contributed by atoms with van der Waals surface area (Å²) in [7, 11) is 1.57. The fourth-order valence-corrected chi connectivity index (χ4v) is 2.33. The third-order valence-electron chi connectivity index (χ3n) is 3.74. The molecule has 7 nitrogen and oxygen atoms in total. The molecule has 3 aromatic rings. The Labute approximate surface area is 165 Å². The van der Waals surface area contributed by atoms with Crippen LogP contribution in [0.1, 0.15) is 11.3 Å². The van der Waals surface area contributed by atoms with Crippen molar-refractivity contribution in [2.24, 2.45) is 0 Å². The summed E-state index contributed by atoms with van der Waals surface area (Å²) in [6.45, 7) is 1.05. The predicted octanol–water partition coefficient (Wildman–Crippen LogP) is 3.59. The average molecular weight is 405 g/mol. The summed E-state index contributed by atoms with van der Waals surface area (Å²) in [5.74, 6) is 0.424. The number of aromatic nitrogens is 4. The maximum atomic E-state index is 13.2. The first-order valence-electron chi connectivity index (χ1n) is 8.63. The molecule has 0 aromatic carbocycles. The van der Waals surface area contributed by atoms with Gasteiger partial charge >= 0.3 is 6.18 Å². The van der Waals surface area contributed by atoms with Crippen molar-refractivity contribution in [3.8, 4) is 17.3 Å². The molecule has 1 N–H and O–H groups in total. The summed E-state index contributed by atoms with van der Waals surface area (Å²) in [5, 5.41) is 2.88. The van der Waals surface area contributed by atoms with Gasteiger partial charge in [0.05, 0.1) is 6.61 Å². The van der Waals surface area contributed by atoms with Gasteiger partial charge < -0.3 is 14.8 Å². The molecule has 0 saturated carbocycles. The van der Waals surface area contributed by atoms with Gasteiger partial charge in [-0.3, -0.25) is 4.98 Å². The summed E-state index contributed by atoms with van der Waals surface area (Å²) in [4.78, 5) is 15.8. The summed E-state index contributed by atoms with van der Waals surface area (Å²) < 4.78 is 50.0. The van der Waals surface area contributed by atoms with Gasteiger partial charge in [-0.05, 0) is 17.7 Å². The number of hydrogen-bond acceptors (Lipinski definition) is 7. The molecule has 29 heavy (non-hydrogen) atoms. The van der Waals surface area contributed by atoms with Crippen LogP contribution in [0.2, 0.25) is 0 Å². The topological polar surface area (TPSA) is 82.0 Å². The zero-order chi connectivity index (χ0) is 20.7. The smallest absolute Gasteiger partial charge is 0.433 e. The van der Waals surface area contributed by atoms with Crippen molar-refractivity contribution in [1.82, 2.24) is 19.9 Å². The lowest BCUT2D eigenvalue weighted by atomic mass is 10.2. The molecule has 3 aromatic heterocycles. The standard InChI is InChI=1S/C19H18F3N5O2/c1-28-7-8-29-17-5-4-13(11-25-17)10-24-16-9-15(19(20,21)22)26-18(27-16)14-3-2-6-23-12-14/h2-6,9,11-12H,7-8,10H2,1H3,(H,24,26,27). The van der Waals surface area contributed by atoms with E-state index in [-0.39, 0.29) is 18.2 Å². The highest BCUT2D eigenvalue weighted by molar-refractivity contribution is 5.56. The van der Waals surface area contributed by atoms with Crippen molar-refractivity contribution >= 4 is 5.82 Å². The Morgan fingerprint density at radius 3 is 2.59 bits per heavy atom. The maximum absolute atomic E-state index is 13.2. The quantitative estimate of drug-likeness (QED) is 0.574. The van der Waals surface area contributed by atoms with Gasteiger partial charge in [-0.1, -0.05) is 6.07 Å². The van der Waals surface area contributed by atoms with Gasteiger partial charge in [0.1, 0.15) is 12.4 Å². The Kier molecular flexibility index (Phi) is 6.55. The van der Waals surface area contributed by atoms with Crippen LogP contribution in [0.15, 0.2) is 48.9 Å². The lowest BCUT2D eigenvalue weighted by molar-refractivity contribution is -0.141. The first-order chi connectivity index (χ1) is 14.0. The van der Waals surface area contributed by atoms with Crippen LogP contribution in [0.25, 0.3) is 11.4 Å². The SMILES string of the molecule is COCCOc1ccc(CNc2cc(C(F)(F)F)nc(-c3cccnc3)n2)cn1. The third kappa shape index (κ3) is 5.85. The van der Waals surface area contributed by atoms with E-state index in [2.05, 4.69) is 25.3 Å². The number of nitrogens with one attached hydrogen (secondary N) is 1. The highest BCUT2D eigenvalue weighted by Crippen LogP contribution is 2.30. The van der Waals surface area contributed by atoms with Crippen molar-refractivity contribution in [3.63, 3.8) is 0 Å². The molecule has 0 unspecified atom stereocenters. The molecule has 3 rings (SSSR count). The predicted molar refractivity (Wildman–Crippen MR) is 99.2 cm³/mol. The molecule has 0 bridgehead atoms. The summed E-state index contributed by atoms with van der Waals surface area (Å²) >= 11 is 0. The maximum Gasteiger partial charge on any atom is 0.433 e. The number of anilines is 1. The van der Waals surface area contributed by atoms with Gasteiger partial charge in [0, 0.05) is 49.9 Å². The normalized spacial score (nSPS) is 11.3. The monoisotopic (exact) mass is 405 g/mol. The summed E-state index contributed by atoms with van der Waals surface area (Å²) in [6.07, 6.45) is -0.0977. The Bertz CT molecular complexity index is 921. The van der Waals surface area contributed by atoms with E-state index in [1.807, 2.05) is 0 Å². The van der Waals surface area contributed by atoms with Crippen LogP contribution in [-0.2, 0) is 17.5 Å². The number of alkyl halides is 3. The molecule has 0 aliphatic carbocycles. The van der Waals surface area contributed by atoms with Gasteiger partial charge in [0.15, 0.2) is 11.5 Å². The molecule has 152 valence electrons. The molecule has 0 radical (unpaired) electrons. The largest absolute Gasteiger partial charge is 0.475 e. The van der Waals surface area contributed by atoms with Crippen molar-refractivity contribution < 1.29 is 22.6 Å². The van der Waals surface area contributed by atoms with Crippen LogP contribution < -0.4 is 10.1 Å². The Morgan fingerprint density at radius 1 is 1.07 bits per heavy atom. The number of rotatable bonds is 8. The van der Waals surface area contributed by atoms with E-state index in [4.69, 9.17) is 9.47 Å². The Hall–Kier alpha value is -3.27. The number of pyridine rings is 2. The number of halogens is 3. The van der Waals surface area contributed by atoms with Crippen molar-refractivity contribution in [2.75, 3.05) is 25.6 Å². The van der Waals surface area contributed by atoms with Crippen molar-refractivity contribution in [2.45, 2.75) is 12.7 Å². The van der Waals surface area contributed by atoms with Gasteiger partial charge in [0.2, 0.25) is 5.88 Å². The van der Waals surface area contributed by atoms with Gasteiger partial charge in [-0.15, -0.1) is 0 Å². The van der Waals surface area contributed by atoms with Crippen LogP contribution in [0.4, 0.5) is 19.0 Å². The summed E-state index contributed by atoms with van der Waals surface area (Å²) in [6, 6.07) is 7.51. The van der Waals surface area contributed by atoms with Crippen LogP contribution in [0.5, 0.6) is 5.88 Å². The van der Waals surface area contributed by atoms with Gasteiger partial charge in [0.25, 0.3) is 0 Å². The fraction of sp³-hybridized carbons (Fsp3) is 0.263. The minimum absolute atomic E-state index is 0.0478. The van der Waals surface area contributed by atoms with Crippen LogP contribution >= 0.6 is 0 Å². The highest BCUT2D eigenvalue weighted by atomic mass is 19.4. The van der Waals surface area contributed by atoms with E-state index < -0.39 is 11.9 Å². The van der Waals surface area contributed by atoms with Crippen LogP contribution in [0, 0.1) is 0 Å². The number of ether oxygens (including phenoxy) is 2. The first kappa shape index (κ1) is 20.5. The van der Waals surface area contributed by atoms with E-state index in [0.717, 1.165) is 11.6 Å². The molecule has 0 aliphatic rings. The first-order valence-corrected chi connectivity index (χ1v) is 8.63. The van der Waals surface area contributed by atoms with Crippen LogP contribution in [0.3, 0.4) is 0 Å². The second kappa shape index (κ2) is 9.28. The number of nitrogens with zero attached hydrogens (tertiary/aromatic N) is 4. The van der Waals surface area contributed by atoms with E-state index >= 15 is 0 Å². The average Bonchev–Trinajstić information content (AvgIpc) is 2.73. The highest BCUT2D eigenvalue weighted by Gasteiger charge is 2.33. The molecule has 10 heteroatoms. The Balaban J connectivity index is 1.74. The molecule has 0 amide bonds. The minimum Gasteiger partial charge on any atom is -0.475 e. The van der Waals surface area contributed by atoms with Gasteiger partial charge in [-0.25, -0.2) is 15.0 Å². The van der Waals surface area contributed by atoms with E-state index in [1.165, 1.54) is 12.4 Å². The summed E-state index contributed by atoms with van der Waals surface area (Å²) in [5.41, 5.74) is 0.105. The van der Waals surface area contributed by atoms with E-state index in [0.29, 0.717) is 24.7 Å². The second-order valence-electron chi connectivity index (χ2n) is 5.90. The third-order valence-corrected chi connectivity index (χ3v) is 3.74. The molecular weight excluding hydrogens is 387 g/mol. The molecule has 0 fully saturated rings. The molecule has 0 spiro atoms. The number of hydrogen-bond donors (Lipinski definition) is 1. The van der Waals surface area contributed by atoms with E-state index in [1.54, 1.807) is 37.6 Å². The van der Waals surface area contributed by atoms with Crippen LogP contribution in [-0.4, -0.2) is 40.3 Å². The van der Waals surface area contributed by atoms with Crippen molar-refractivity contribution in [3.05, 3.63) is 60.2 Å². The fourth-order valence-electron chi connectivity index (χ4n) is 2.33. The minimum atomic E-state index is -4.60.